The van der Waals surface area contributed by atoms with Crippen LogP contribution in [0.25, 0.3) is 0 Å². The number of rotatable bonds is 0. The average molecular weight is 234 g/mol. The Morgan fingerprint density at radius 2 is 1.94 bits per heavy atom. The van der Waals surface area contributed by atoms with Gasteiger partial charge in [-0.25, -0.2) is 4.21 Å². The maximum atomic E-state index is 11.6. The van der Waals surface area contributed by atoms with Gasteiger partial charge in [0, 0.05) is 0 Å². The van der Waals surface area contributed by atoms with Crippen LogP contribution in [0.15, 0.2) is 48.1 Å². The Hall–Kier alpha value is -0.930. The molecule has 2 aliphatic carbocycles. The summed E-state index contributed by atoms with van der Waals surface area (Å²) in [5, 5.41) is -0.0230. The van der Waals surface area contributed by atoms with Gasteiger partial charge in [0.05, 0.1) is 6.61 Å². The standard InChI is InChI=1S/C13H14O2S/c14-16-13-6-5-10-3-1-2-4-11(7-10)8-12(13)9-15-16/h1-6,8,10-11,13H,7,9H2/b6-5-,12-8-. The molecule has 0 radical (unpaired) electrons. The smallest absolute Gasteiger partial charge is 0.167 e. The normalized spacial score (nSPS) is 46.1. The second kappa shape index (κ2) is 4.15. The molecular weight excluding hydrogens is 220 g/mol. The van der Waals surface area contributed by atoms with Gasteiger partial charge in [0.2, 0.25) is 0 Å². The second-order valence-electron chi connectivity index (χ2n) is 4.40. The van der Waals surface area contributed by atoms with E-state index in [0.717, 1.165) is 6.42 Å². The third-order valence-electron chi connectivity index (χ3n) is 3.25. The SMILES string of the molecule is O=S1OC/C2=C/C3C=CC=CC(/C=C\C21)C3. The van der Waals surface area contributed by atoms with Gasteiger partial charge in [-0.3, -0.25) is 4.18 Å². The zero-order chi connectivity index (χ0) is 11.0. The van der Waals surface area contributed by atoms with Crippen LogP contribution in [0.4, 0.5) is 0 Å². The molecule has 2 nitrogen and oxygen atoms in total. The number of hydrogen-bond donors (Lipinski definition) is 0. The van der Waals surface area contributed by atoms with Crippen LogP contribution in [0.3, 0.4) is 0 Å². The van der Waals surface area contributed by atoms with Crippen LogP contribution < -0.4 is 0 Å². The van der Waals surface area contributed by atoms with E-state index in [1.807, 2.05) is 6.08 Å². The highest BCUT2D eigenvalue weighted by atomic mass is 32.2. The van der Waals surface area contributed by atoms with Gasteiger partial charge in [0.15, 0.2) is 11.1 Å². The van der Waals surface area contributed by atoms with Crippen molar-refractivity contribution >= 4 is 11.1 Å². The Morgan fingerprint density at radius 3 is 2.81 bits per heavy atom. The van der Waals surface area contributed by atoms with Crippen molar-refractivity contribution in [2.24, 2.45) is 11.8 Å². The lowest BCUT2D eigenvalue weighted by Gasteiger charge is -2.16. The predicted octanol–water partition coefficient (Wildman–Crippen LogP) is 2.29. The maximum Gasteiger partial charge on any atom is 0.167 e. The highest BCUT2D eigenvalue weighted by Gasteiger charge is 2.29. The van der Waals surface area contributed by atoms with E-state index in [1.54, 1.807) is 0 Å². The summed E-state index contributed by atoms with van der Waals surface area (Å²) >= 11 is -1.17. The van der Waals surface area contributed by atoms with Crippen LogP contribution in [0.2, 0.25) is 0 Å². The average Bonchev–Trinajstić information content (AvgIpc) is 2.51. The van der Waals surface area contributed by atoms with Crippen LogP contribution in [0.1, 0.15) is 6.42 Å². The Bertz CT molecular complexity index is 431. The van der Waals surface area contributed by atoms with Gasteiger partial charge in [0.1, 0.15) is 5.25 Å². The van der Waals surface area contributed by atoms with E-state index in [-0.39, 0.29) is 5.25 Å². The first-order chi connectivity index (χ1) is 7.83. The van der Waals surface area contributed by atoms with Crippen molar-refractivity contribution in [2.75, 3.05) is 6.61 Å². The van der Waals surface area contributed by atoms with Crippen molar-refractivity contribution in [1.29, 1.82) is 0 Å². The van der Waals surface area contributed by atoms with E-state index in [1.165, 1.54) is 5.57 Å². The molecule has 0 saturated carbocycles. The van der Waals surface area contributed by atoms with Crippen LogP contribution >= 0.6 is 0 Å². The van der Waals surface area contributed by atoms with Crippen molar-refractivity contribution < 1.29 is 8.39 Å². The fourth-order valence-corrected chi connectivity index (χ4v) is 3.42. The van der Waals surface area contributed by atoms with E-state index >= 15 is 0 Å². The Labute approximate surface area is 98.0 Å². The fraction of sp³-hybridized carbons (Fsp3) is 0.385. The van der Waals surface area contributed by atoms with Gasteiger partial charge >= 0.3 is 0 Å². The third-order valence-corrected chi connectivity index (χ3v) is 4.47. The summed E-state index contributed by atoms with van der Waals surface area (Å²) in [4.78, 5) is 0. The van der Waals surface area contributed by atoms with E-state index in [2.05, 4.69) is 36.5 Å². The van der Waals surface area contributed by atoms with Crippen molar-refractivity contribution in [3.05, 3.63) is 48.1 Å². The van der Waals surface area contributed by atoms with Gasteiger partial charge in [-0.2, -0.15) is 0 Å². The molecule has 16 heavy (non-hydrogen) atoms. The molecule has 1 aliphatic heterocycles. The molecule has 1 saturated heterocycles. The zero-order valence-electron chi connectivity index (χ0n) is 8.91. The Kier molecular flexibility index (Phi) is 2.65. The van der Waals surface area contributed by atoms with Gasteiger partial charge in [-0.1, -0.05) is 42.5 Å². The van der Waals surface area contributed by atoms with Crippen LogP contribution in [-0.4, -0.2) is 16.1 Å². The molecule has 1 heterocycles. The first-order valence-electron chi connectivity index (χ1n) is 5.61. The lowest BCUT2D eigenvalue weighted by molar-refractivity contribution is 0.407. The summed E-state index contributed by atoms with van der Waals surface area (Å²) in [5.74, 6) is 0.900. The van der Waals surface area contributed by atoms with Crippen molar-refractivity contribution in [1.82, 2.24) is 0 Å². The van der Waals surface area contributed by atoms with Gasteiger partial charge in [0.25, 0.3) is 0 Å². The first kappa shape index (κ1) is 10.2. The molecule has 2 bridgehead atoms. The summed E-state index contributed by atoms with van der Waals surface area (Å²) in [6, 6.07) is 0. The lowest BCUT2D eigenvalue weighted by Crippen LogP contribution is -2.12. The van der Waals surface area contributed by atoms with E-state index in [0.29, 0.717) is 18.4 Å². The quantitative estimate of drug-likeness (QED) is 0.601. The van der Waals surface area contributed by atoms with Crippen molar-refractivity contribution in [3.63, 3.8) is 0 Å². The molecule has 4 atom stereocenters. The highest BCUT2D eigenvalue weighted by molar-refractivity contribution is 7.81. The largest absolute Gasteiger partial charge is 0.285 e. The highest BCUT2D eigenvalue weighted by Crippen LogP contribution is 2.30. The van der Waals surface area contributed by atoms with Crippen LogP contribution in [-0.2, 0) is 15.3 Å². The minimum Gasteiger partial charge on any atom is -0.285 e. The van der Waals surface area contributed by atoms with Gasteiger partial charge in [-0.05, 0) is 23.8 Å². The molecule has 84 valence electrons. The molecule has 0 aromatic rings. The Morgan fingerprint density at radius 1 is 1.12 bits per heavy atom. The minimum absolute atomic E-state index is 0.0230. The monoisotopic (exact) mass is 234 g/mol. The van der Waals surface area contributed by atoms with Crippen molar-refractivity contribution in [3.8, 4) is 0 Å². The Balaban J connectivity index is 1.99. The van der Waals surface area contributed by atoms with Crippen LogP contribution in [0.5, 0.6) is 0 Å². The molecule has 0 N–H and O–H groups in total. The molecule has 3 heteroatoms. The lowest BCUT2D eigenvalue weighted by atomic mass is 9.90. The second-order valence-corrected chi connectivity index (χ2v) is 5.67. The maximum absolute atomic E-state index is 11.6. The molecule has 0 amide bonds. The topological polar surface area (TPSA) is 26.3 Å². The molecule has 0 spiro atoms. The molecule has 3 aliphatic rings. The molecule has 3 rings (SSSR count). The molecule has 4 unspecified atom stereocenters. The summed E-state index contributed by atoms with van der Waals surface area (Å²) < 4.78 is 16.8. The summed E-state index contributed by atoms with van der Waals surface area (Å²) in [7, 11) is 0. The molecule has 1 fully saturated rings. The number of fused-ring (bicyclic) bond motifs is 3. The predicted molar refractivity (Wildman–Crippen MR) is 65.0 cm³/mol. The van der Waals surface area contributed by atoms with E-state index in [9.17, 15) is 4.21 Å². The van der Waals surface area contributed by atoms with E-state index < -0.39 is 11.1 Å². The summed E-state index contributed by atoms with van der Waals surface area (Å²) in [5.41, 5.74) is 1.17. The fourth-order valence-electron chi connectivity index (χ4n) is 2.41. The number of hydrogen-bond acceptors (Lipinski definition) is 2. The minimum atomic E-state index is -1.17. The van der Waals surface area contributed by atoms with Gasteiger partial charge < -0.3 is 0 Å². The zero-order valence-corrected chi connectivity index (χ0v) is 9.73. The van der Waals surface area contributed by atoms with Gasteiger partial charge in [-0.15, -0.1) is 0 Å². The summed E-state index contributed by atoms with van der Waals surface area (Å²) in [6.07, 6.45) is 16.2. The third kappa shape index (κ3) is 1.85. The molecule has 0 aromatic carbocycles. The molecular formula is C13H14O2S. The van der Waals surface area contributed by atoms with Crippen LogP contribution in [0, 0.1) is 11.8 Å². The summed E-state index contributed by atoms with van der Waals surface area (Å²) in [6.45, 7) is 0.518. The van der Waals surface area contributed by atoms with Crippen molar-refractivity contribution in [2.45, 2.75) is 11.7 Å². The van der Waals surface area contributed by atoms with E-state index in [4.69, 9.17) is 4.18 Å². The first-order valence-corrected chi connectivity index (χ1v) is 6.74. The number of allylic oxidation sites excluding steroid dienone is 6. The molecule has 0 aromatic heterocycles.